The van der Waals surface area contributed by atoms with E-state index in [0.717, 1.165) is 12.0 Å². The van der Waals surface area contributed by atoms with Crippen LogP contribution in [0.5, 0.6) is 11.5 Å². The molecule has 2 rings (SSSR count). The number of carbonyl (C=O) groups is 2. The van der Waals surface area contributed by atoms with Gasteiger partial charge in [0.05, 0.1) is 11.7 Å². The highest BCUT2D eigenvalue weighted by atomic mass is 35.5. The Morgan fingerprint density at radius 1 is 1.07 bits per heavy atom. The zero-order chi connectivity index (χ0) is 19.8. The second kappa shape index (κ2) is 9.83. The summed E-state index contributed by atoms with van der Waals surface area (Å²) in [7, 11) is 0. The van der Waals surface area contributed by atoms with Crippen molar-refractivity contribution in [2.45, 2.75) is 33.3 Å². The van der Waals surface area contributed by atoms with Crippen molar-refractivity contribution in [1.29, 1.82) is 0 Å². The summed E-state index contributed by atoms with van der Waals surface area (Å²) < 4.78 is 11.1. The number of ether oxygens (including phenoxy) is 2. The lowest BCUT2D eigenvalue weighted by Crippen LogP contribution is -2.44. The number of nitrogens with one attached hydrogen (secondary N) is 2. The molecule has 27 heavy (non-hydrogen) atoms. The van der Waals surface area contributed by atoms with E-state index in [1.807, 2.05) is 39.0 Å². The number of rotatable bonds is 7. The summed E-state index contributed by atoms with van der Waals surface area (Å²) in [5.41, 5.74) is 5.91. The minimum Gasteiger partial charge on any atom is -0.490 e. The summed E-state index contributed by atoms with van der Waals surface area (Å²) in [5.74, 6) is 0.0104. The molecule has 0 unspecified atom stereocenters. The summed E-state index contributed by atoms with van der Waals surface area (Å²) in [5, 5.41) is 0.391. The minimum atomic E-state index is -0.532. The van der Waals surface area contributed by atoms with Gasteiger partial charge in [0.2, 0.25) is 0 Å². The maximum Gasteiger partial charge on any atom is 0.276 e. The molecule has 2 aromatic rings. The van der Waals surface area contributed by atoms with Crippen LogP contribution in [0.2, 0.25) is 5.02 Å². The molecule has 144 valence electrons. The third kappa shape index (κ3) is 6.18. The molecular formula is C20H23ClN2O4. The van der Waals surface area contributed by atoms with Gasteiger partial charge >= 0.3 is 0 Å². The first-order chi connectivity index (χ1) is 12.9. The molecule has 0 heterocycles. The molecule has 0 aromatic heterocycles. The molecule has 0 spiro atoms. The van der Waals surface area contributed by atoms with Crippen molar-refractivity contribution < 1.29 is 19.1 Å². The van der Waals surface area contributed by atoms with Crippen LogP contribution in [0.25, 0.3) is 0 Å². The summed E-state index contributed by atoms with van der Waals surface area (Å²) in [4.78, 5) is 24.3. The molecule has 0 radical (unpaired) electrons. The van der Waals surface area contributed by atoms with E-state index in [1.54, 1.807) is 18.2 Å². The van der Waals surface area contributed by atoms with Gasteiger partial charge in [0.15, 0.2) is 6.61 Å². The van der Waals surface area contributed by atoms with Crippen molar-refractivity contribution in [2.24, 2.45) is 0 Å². The molecule has 0 aliphatic carbocycles. The number of amides is 2. The average molecular weight is 391 g/mol. The standard InChI is InChI=1S/C20H23ClN2O4/c1-4-14-7-5-6-8-17(14)26-12-19(24)22-23-20(25)16-11-15(21)9-10-18(16)27-13(2)3/h5-11,13H,4,12H2,1-3H3,(H,22,24)(H,23,25). The third-order valence-corrected chi connectivity index (χ3v) is 3.81. The molecule has 7 heteroatoms. The predicted octanol–water partition coefficient (Wildman–Crippen LogP) is 3.53. The van der Waals surface area contributed by atoms with Gasteiger partial charge in [-0.2, -0.15) is 0 Å². The van der Waals surface area contributed by atoms with Crippen LogP contribution in [0.3, 0.4) is 0 Å². The fraction of sp³-hybridized carbons (Fsp3) is 0.300. The van der Waals surface area contributed by atoms with Crippen LogP contribution in [0.1, 0.15) is 36.7 Å². The Kier molecular flexibility index (Phi) is 7.49. The zero-order valence-electron chi connectivity index (χ0n) is 15.5. The molecule has 0 saturated heterocycles. The van der Waals surface area contributed by atoms with Crippen LogP contribution in [0.4, 0.5) is 0 Å². The van der Waals surface area contributed by atoms with E-state index in [1.165, 1.54) is 6.07 Å². The van der Waals surface area contributed by atoms with E-state index in [9.17, 15) is 9.59 Å². The fourth-order valence-electron chi connectivity index (χ4n) is 2.35. The van der Waals surface area contributed by atoms with Gasteiger partial charge in [0, 0.05) is 5.02 Å². The smallest absolute Gasteiger partial charge is 0.276 e. The van der Waals surface area contributed by atoms with E-state index in [2.05, 4.69) is 10.9 Å². The lowest BCUT2D eigenvalue weighted by atomic mass is 10.1. The van der Waals surface area contributed by atoms with Gasteiger partial charge in [-0.25, -0.2) is 0 Å². The van der Waals surface area contributed by atoms with Crippen molar-refractivity contribution in [3.8, 4) is 11.5 Å². The quantitative estimate of drug-likeness (QED) is 0.709. The summed E-state index contributed by atoms with van der Waals surface area (Å²) in [6.45, 7) is 5.49. The number of para-hydroxylation sites is 1. The zero-order valence-corrected chi connectivity index (χ0v) is 16.3. The Labute approximate surface area is 163 Å². The van der Waals surface area contributed by atoms with Gasteiger partial charge in [-0.05, 0) is 50.1 Å². The van der Waals surface area contributed by atoms with E-state index < -0.39 is 11.8 Å². The van der Waals surface area contributed by atoms with Crippen LogP contribution in [-0.2, 0) is 11.2 Å². The number of aryl methyl sites for hydroxylation is 1. The summed E-state index contributed by atoms with van der Waals surface area (Å²) in [6, 6.07) is 12.2. The van der Waals surface area contributed by atoms with Crippen LogP contribution in [0.15, 0.2) is 42.5 Å². The Balaban J connectivity index is 1.93. The Morgan fingerprint density at radius 2 is 1.81 bits per heavy atom. The van der Waals surface area contributed by atoms with E-state index in [0.29, 0.717) is 16.5 Å². The number of hydrogen-bond acceptors (Lipinski definition) is 4. The fourth-order valence-corrected chi connectivity index (χ4v) is 2.52. The monoisotopic (exact) mass is 390 g/mol. The minimum absolute atomic E-state index is 0.112. The number of hydrogen-bond donors (Lipinski definition) is 2. The van der Waals surface area contributed by atoms with E-state index in [-0.39, 0.29) is 18.3 Å². The number of hydrazine groups is 1. The molecule has 0 fully saturated rings. The SMILES string of the molecule is CCc1ccccc1OCC(=O)NNC(=O)c1cc(Cl)ccc1OC(C)C. The molecule has 0 bridgehead atoms. The van der Waals surface area contributed by atoms with E-state index >= 15 is 0 Å². The Morgan fingerprint density at radius 3 is 2.52 bits per heavy atom. The number of benzene rings is 2. The average Bonchev–Trinajstić information content (AvgIpc) is 2.65. The maximum atomic E-state index is 12.4. The maximum absolute atomic E-state index is 12.4. The largest absolute Gasteiger partial charge is 0.490 e. The van der Waals surface area contributed by atoms with Gasteiger partial charge in [-0.15, -0.1) is 0 Å². The molecule has 0 saturated carbocycles. The van der Waals surface area contributed by atoms with Crippen LogP contribution < -0.4 is 20.3 Å². The highest BCUT2D eigenvalue weighted by Gasteiger charge is 2.15. The third-order valence-electron chi connectivity index (χ3n) is 3.58. The second-order valence-electron chi connectivity index (χ2n) is 6.06. The van der Waals surface area contributed by atoms with Gasteiger partial charge in [0.25, 0.3) is 11.8 Å². The van der Waals surface area contributed by atoms with Gasteiger partial charge < -0.3 is 9.47 Å². The number of halogens is 1. The molecule has 0 aliphatic rings. The summed E-state index contributed by atoms with van der Waals surface area (Å²) in [6.07, 6.45) is 0.682. The van der Waals surface area contributed by atoms with Gasteiger partial charge in [-0.1, -0.05) is 36.7 Å². The molecule has 6 nitrogen and oxygen atoms in total. The highest BCUT2D eigenvalue weighted by Crippen LogP contribution is 2.24. The van der Waals surface area contributed by atoms with Crippen molar-refractivity contribution in [3.63, 3.8) is 0 Å². The van der Waals surface area contributed by atoms with Crippen LogP contribution >= 0.6 is 11.6 Å². The van der Waals surface area contributed by atoms with Crippen LogP contribution in [-0.4, -0.2) is 24.5 Å². The first kappa shape index (κ1) is 20.6. The summed E-state index contributed by atoms with van der Waals surface area (Å²) >= 11 is 5.96. The number of carbonyl (C=O) groups excluding carboxylic acids is 2. The van der Waals surface area contributed by atoms with Crippen molar-refractivity contribution in [3.05, 3.63) is 58.6 Å². The lowest BCUT2D eigenvalue weighted by Gasteiger charge is -2.15. The normalized spacial score (nSPS) is 10.4. The van der Waals surface area contributed by atoms with Crippen LogP contribution in [0, 0.1) is 0 Å². The van der Waals surface area contributed by atoms with Crippen molar-refractivity contribution >= 4 is 23.4 Å². The van der Waals surface area contributed by atoms with Crippen molar-refractivity contribution in [1.82, 2.24) is 10.9 Å². The molecule has 2 N–H and O–H groups in total. The van der Waals surface area contributed by atoms with E-state index in [4.69, 9.17) is 21.1 Å². The van der Waals surface area contributed by atoms with Gasteiger partial charge in [-0.3, -0.25) is 20.4 Å². The highest BCUT2D eigenvalue weighted by molar-refractivity contribution is 6.31. The molecule has 2 aromatic carbocycles. The lowest BCUT2D eigenvalue weighted by molar-refractivity contribution is -0.123. The Bertz CT molecular complexity index is 808. The topological polar surface area (TPSA) is 76.7 Å². The first-order valence-corrected chi connectivity index (χ1v) is 9.04. The van der Waals surface area contributed by atoms with Gasteiger partial charge in [0.1, 0.15) is 11.5 Å². The second-order valence-corrected chi connectivity index (χ2v) is 6.50. The first-order valence-electron chi connectivity index (χ1n) is 8.66. The van der Waals surface area contributed by atoms with Crippen molar-refractivity contribution in [2.75, 3.05) is 6.61 Å². The Hall–Kier alpha value is -2.73. The molecule has 0 aliphatic heterocycles. The predicted molar refractivity (Wildman–Crippen MR) is 104 cm³/mol. The molecule has 2 amide bonds. The molecule has 0 atom stereocenters. The molecular weight excluding hydrogens is 368 g/mol.